The number of nitrogens with one attached hydrogen (secondary N) is 1. The highest BCUT2D eigenvalue weighted by atomic mass is 79.9. The van der Waals surface area contributed by atoms with Crippen LogP contribution in [0, 0.1) is 0 Å². The van der Waals surface area contributed by atoms with Gasteiger partial charge in [0.1, 0.15) is 0 Å². The van der Waals surface area contributed by atoms with Crippen molar-refractivity contribution >= 4 is 44.2 Å². The van der Waals surface area contributed by atoms with Crippen LogP contribution < -0.4 is 4.72 Å². The Morgan fingerprint density at radius 2 is 2.05 bits per heavy atom. The van der Waals surface area contributed by atoms with Crippen LogP contribution in [-0.4, -0.2) is 22.0 Å². The molecule has 20 heavy (non-hydrogen) atoms. The van der Waals surface area contributed by atoms with Crippen molar-refractivity contribution in [3.63, 3.8) is 0 Å². The molecular formula is C13H20BrNO3S2. The molecule has 4 nitrogen and oxygen atoms in total. The quantitative estimate of drug-likeness (QED) is 0.795. The summed E-state index contributed by atoms with van der Waals surface area (Å²) in [5.74, 6) is -0.338. The second kappa shape index (κ2) is 6.68. The van der Waals surface area contributed by atoms with Crippen LogP contribution >= 0.6 is 27.3 Å². The van der Waals surface area contributed by atoms with Crippen molar-refractivity contribution in [3.8, 4) is 0 Å². The third kappa shape index (κ3) is 4.65. The number of halogens is 1. The molecule has 0 saturated heterocycles. The Morgan fingerprint density at radius 3 is 2.45 bits per heavy atom. The topological polar surface area (TPSA) is 55.4 Å². The summed E-state index contributed by atoms with van der Waals surface area (Å²) >= 11 is 4.91. The Labute approximate surface area is 135 Å². The van der Waals surface area contributed by atoms with Crippen LogP contribution in [0.15, 0.2) is 15.9 Å². The molecule has 1 rings (SSSR count). The number of hydrogen-bond donors (Lipinski definition) is 1. The van der Waals surface area contributed by atoms with Crippen LogP contribution in [0.2, 0.25) is 0 Å². The predicted octanol–water partition coefficient (Wildman–Crippen LogP) is 3.34. The highest BCUT2D eigenvalue weighted by molar-refractivity contribution is 9.10. The summed E-state index contributed by atoms with van der Waals surface area (Å²) in [5, 5.41) is 1.94. The Balaban J connectivity index is 3.08. The van der Waals surface area contributed by atoms with E-state index >= 15 is 0 Å². The van der Waals surface area contributed by atoms with E-state index in [4.69, 9.17) is 4.74 Å². The number of thiophene rings is 1. The lowest BCUT2D eigenvalue weighted by Gasteiger charge is -2.31. The maximum Gasteiger partial charge on any atom is 0.307 e. The lowest BCUT2D eigenvalue weighted by molar-refractivity contribution is -0.142. The fourth-order valence-corrected chi connectivity index (χ4v) is 4.00. The molecule has 0 aliphatic carbocycles. The van der Waals surface area contributed by atoms with Gasteiger partial charge < -0.3 is 4.74 Å². The molecule has 0 amide bonds. The van der Waals surface area contributed by atoms with E-state index in [0.29, 0.717) is 0 Å². The summed E-state index contributed by atoms with van der Waals surface area (Å²) in [6, 6.07) is 1.93. The second-order valence-electron chi connectivity index (χ2n) is 5.70. The van der Waals surface area contributed by atoms with Gasteiger partial charge in [-0.25, -0.2) is 8.93 Å². The maximum atomic E-state index is 12.4. The summed E-state index contributed by atoms with van der Waals surface area (Å²) in [6.45, 7) is 7.53. The third-order valence-electron chi connectivity index (χ3n) is 2.71. The van der Waals surface area contributed by atoms with E-state index in [9.17, 15) is 9.00 Å². The molecule has 1 unspecified atom stereocenters. The van der Waals surface area contributed by atoms with Crippen LogP contribution in [0.25, 0.3) is 0 Å². The van der Waals surface area contributed by atoms with Crippen LogP contribution in [0.5, 0.6) is 0 Å². The van der Waals surface area contributed by atoms with Crippen LogP contribution in [0.4, 0.5) is 0 Å². The van der Waals surface area contributed by atoms with Crippen molar-refractivity contribution in [1.29, 1.82) is 0 Å². The Hall–Kier alpha value is -0.240. The number of methoxy groups -OCH3 is 1. The number of carbonyl (C=O) groups is 1. The van der Waals surface area contributed by atoms with E-state index in [1.807, 2.05) is 39.1 Å². The maximum absolute atomic E-state index is 12.4. The molecule has 7 heteroatoms. The van der Waals surface area contributed by atoms with E-state index in [-0.39, 0.29) is 12.4 Å². The number of carbonyl (C=O) groups excluding carboxylic acids is 1. The molecular weight excluding hydrogens is 362 g/mol. The zero-order valence-electron chi connectivity index (χ0n) is 12.3. The van der Waals surface area contributed by atoms with Gasteiger partial charge in [-0.15, -0.1) is 11.3 Å². The molecule has 0 saturated carbocycles. The SMILES string of the molecule is COC(=O)CC(C)(N[S@](=O)C(C)(C)C)c1cc(Br)cs1. The number of hydrogen-bond acceptors (Lipinski definition) is 4. The fraction of sp³-hybridized carbons (Fsp3) is 0.615. The highest BCUT2D eigenvalue weighted by Crippen LogP contribution is 2.34. The average Bonchev–Trinajstić information content (AvgIpc) is 2.75. The van der Waals surface area contributed by atoms with Gasteiger partial charge in [0.25, 0.3) is 0 Å². The lowest BCUT2D eigenvalue weighted by atomic mass is 9.97. The predicted molar refractivity (Wildman–Crippen MR) is 87.0 cm³/mol. The molecule has 1 aromatic heterocycles. The molecule has 2 atom stereocenters. The molecule has 0 radical (unpaired) electrons. The van der Waals surface area contributed by atoms with Crippen molar-refractivity contribution in [1.82, 2.24) is 4.72 Å². The molecule has 0 aliphatic heterocycles. The molecule has 0 fully saturated rings. The average molecular weight is 382 g/mol. The zero-order chi connectivity index (χ0) is 15.6. The van der Waals surface area contributed by atoms with Gasteiger partial charge in [0.15, 0.2) is 0 Å². The van der Waals surface area contributed by atoms with Gasteiger partial charge in [-0.1, -0.05) is 0 Å². The van der Waals surface area contributed by atoms with Gasteiger partial charge in [-0.3, -0.25) is 4.79 Å². The highest BCUT2D eigenvalue weighted by Gasteiger charge is 2.36. The number of rotatable bonds is 5. The Morgan fingerprint density at radius 1 is 1.45 bits per heavy atom. The first-order valence-electron chi connectivity index (χ1n) is 6.09. The van der Waals surface area contributed by atoms with Gasteiger partial charge in [0.05, 0.1) is 34.8 Å². The molecule has 0 bridgehead atoms. The van der Waals surface area contributed by atoms with E-state index < -0.39 is 21.3 Å². The van der Waals surface area contributed by atoms with Crippen molar-refractivity contribution in [2.75, 3.05) is 7.11 Å². The lowest BCUT2D eigenvalue weighted by Crippen LogP contribution is -2.47. The minimum Gasteiger partial charge on any atom is -0.469 e. The summed E-state index contributed by atoms with van der Waals surface area (Å²) < 4.78 is 20.7. The summed E-state index contributed by atoms with van der Waals surface area (Å²) in [5.41, 5.74) is -0.720. The third-order valence-corrected chi connectivity index (χ3v) is 6.41. The second-order valence-corrected chi connectivity index (χ2v) is 9.49. The van der Waals surface area contributed by atoms with E-state index in [1.165, 1.54) is 18.4 Å². The Bertz CT molecular complexity index is 510. The molecule has 0 aromatic carbocycles. The molecule has 1 heterocycles. The van der Waals surface area contributed by atoms with Gasteiger partial charge in [-0.05, 0) is 49.7 Å². The molecule has 0 spiro atoms. The monoisotopic (exact) mass is 381 g/mol. The van der Waals surface area contributed by atoms with Crippen molar-refractivity contribution in [3.05, 3.63) is 20.8 Å². The largest absolute Gasteiger partial charge is 0.469 e. The van der Waals surface area contributed by atoms with Gasteiger partial charge in [0.2, 0.25) is 0 Å². The zero-order valence-corrected chi connectivity index (χ0v) is 15.5. The van der Waals surface area contributed by atoms with Gasteiger partial charge in [0, 0.05) is 14.7 Å². The van der Waals surface area contributed by atoms with E-state index in [0.717, 1.165) is 9.35 Å². The minimum absolute atomic E-state index is 0.123. The van der Waals surface area contributed by atoms with Crippen molar-refractivity contribution in [2.24, 2.45) is 0 Å². The van der Waals surface area contributed by atoms with Gasteiger partial charge >= 0.3 is 5.97 Å². The summed E-state index contributed by atoms with van der Waals surface area (Å²) in [4.78, 5) is 12.6. The molecule has 0 aliphatic rings. The first kappa shape index (κ1) is 17.8. The first-order valence-corrected chi connectivity index (χ1v) is 8.92. The molecule has 1 aromatic rings. The summed E-state index contributed by atoms with van der Waals surface area (Å²) in [7, 11) is 0.0722. The molecule has 114 valence electrons. The fourth-order valence-electron chi connectivity index (χ4n) is 1.49. The molecule has 1 N–H and O–H groups in total. The van der Waals surface area contributed by atoms with Crippen LogP contribution in [-0.2, 0) is 26.1 Å². The first-order chi connectivity index (χ1) is 9.08. The number of esters is 1. The van der Waals surface area contributed by atoms with Crippen molar-refractivity contribution < 1.29 is 13.7 Å². The van der Waals surface area contributed by atoms with E-state index in [1.54, 1.807) is 0 Å². The normalized spacial score (nSPS) is 16.5. The standard InChI is InChI=1S/C13H20BrNO3S2/c1-12(2,3)20(17)15-13(4,7-11(16)18-5)10-6-9(14)8-19-10/h6,8,15H,7H2,1-5H3/t13?,20-/m1/s1. The smallest absolute Gasteiger partial charge is 0.307 e. The minimum atomic E-state index is -1.28. The Kier molecular flexibility index (Phi) is 5.95. The summed E-state index contributed by atoms with van der Waals surface area (Å²) in [6.07, 6.45) is 0.123. The number of ether oxygens (including phenoxy) is 1. The van der Waals surface area contributed by atoms with Crippen LogP contribution in [0.3, 0.4) is 0 Å². The van der Waals surface area contributed by atoms with Crippen molar-refractivity contribution in [2.45, 2.75) is 44.4 Å². The van der Waals surface area contributed by atoms with Gasteiger partial charge in [-0.2, -0.15) is 0 Å². The van der Waals surface area contributed by atoms with Crippen LogP contribution in [0.1, 0.15) is 39.0 Å². The van der Waals surface area contributed by atoms with E-state index in [2.05, 4.69) is 20.7 Å².